The van der Waals surface area contributed by atoms with Crippen LogP contribution in [0.15, 0.2) is 29.2 Å². The van der Waals surface area contributed by atoms with Crippen molar-refractivity contribution in [2.24, 2.45) is 17.6 Å². The molecule has 1 saturated heterocycles. The van der Waals surface area contributed by atoms with Crippen molar-refractivity contribution < 1.29 is 28.0 Å². The van der Waals surface area contributed by atoms with Crippen LogP contribution in [0.5, 0.6) is 5.75 Å². The third-order valence-corrected chi connectivity index (χ3v) is 9.12. The van der Waals surface area contributed by atoms with E-state index in [1.165, 1.54) is 31.4 Å². The Labute approximate surface area is 207 Å². The van der Waals surface area contributed by atoms with Crippen LogP contribution in [0, 0.1) is 11.8 Å². The number of hydrogen-bond donors (Lipinski definition) is 3. The van der Waals surface area contributed by atoms with Crippen LogP contribution in [0.2, 0.25) is 0 Å². The fourth-order valence-electron chi connectivity index (χ4n) is 5.23. The van der Waals surface area contributed by atoms with Crippen molar-refractivity contribution in [1.29, 1.82) is 0 Å². The summed E-state index contributed by atoms with van der Waals surface area (Å²) in [6.45, 7) is 2.42. The lowest BCUT2D eigenvalue weighted by molar-refractivity contribution is -0.138. The summed E-state index contributed by atoms with van der Waals surface area (Å²) in [4.78, 5) is 27.5. The Hall–Kier alpha value is -2.21. The van der Waals surface area contributed by atoms with Gasteiger partial charge in [0.05, 0.1) is 18.2 Å². The highest BCUT2D eigenvalue weighted by atomic mass is 32.2. The van der Waals surface area contributed by atoms with Gasteiger partial charge in [0.1, 0.15) is 11.8 Å². The molecule has 10 nitrogen and oxygen atoms in total. The predicted molar refractivity (Wildman–Crippen MR) is 130 cm³/mol. The molecule has 4 N–H and O–H groups in total. The largest absolute Gasteiger partial charge is 0.497 e. The molecule has 0 spiro atoms. The van der Waals surface area contributed by atoms with Crippen molar-refractivity contribution in [3.8, 4) is 5.75 Å². The molecule has 1 heterocycles. The summed E-state index contributed by atoms with van der Waals surface area (Å²) in [7, 11) is -2.69. The summed E-state index contributed by atoms with van der Waals surface area (Å²) < 4.78 is 33.8. The van der Waals surface area contributed by atoms with E-state index in [1.54, 1.807) is 10.4 Å². The van der Waals surface area contributed by atoms with Gasteiger partial charge in [-0.2, -0.15) is 4.31 Å². The molecule has 3 unspecified atom stereocenters. The third-order valence-electron chi connectivity index (χ3n) is 7.22. The van der Waals surface area contributed by atoms with Gasteiger partial charge in [0.2, 0.25) is 15.9 Å². The van der Waals surface area contributed by atoms with Crippen LogP contribution in [-0.4, -0.2) is 67.1 Å². The Morgan fingerprint density at radius 1 is 1.20 bits per heavy atom. The van der Waals surface area contributed by atoms with Crippen molar-refractivity contribution >= 4 is 21.8 Å². The molecule has 196 valence electrons. The first kappa shape index (κ1) is 27.4. The Morgan fingerprint density at radius 3 is 2.43 bits per heavy atom. The second kappa shape index (κ2) is 12.2. The maximum Gasteiger partial charge on any atom is 0.262 e. The van der Waals surface area contributed by atoms with Crippen LogP contribution >= 0.6 is 0 Å². The number of nitrogens with one attached hydrogen (secondary N) is 1. The van der Waals surface area contributed by atoms with Crippen molar-refractivity contribution in [2.45, 2.75) is 75.4 Å². The van der Waals surface area contributed by atoms with Gasteiger partial charge in [-0.25, -0.2) is 13.9 Å². The third kappa shape index (κ3) is 6.52. The number of carbonyl (C=O) groups is 2. The fraction of sp³-hybridized carbons (Fsp3) is 0.667. The molecule has 1 aliphatic heterocycles. The summed E-state index contributed by atoms with van der Waals surface area (Å²) in [6.07, 6.45) is 5.09. The molecule has 1 aliphatic carbocycles. The quantitative estimate of drug-likeness (QED) is 0.341. The second-order valence-corrected chi connectivity index (χ2v) is 11.5. The smallest absolute Gasteiger partial charge is 0.262 e. The molecule has 0 radical (unpaired) electrons. The van der Waals surface area contributed by atoms with E-state index >= 15 is 0 Å². The number of rotatable bonds is 9. The highest BCUT2D eigenvalue weighted by Crippen LogP contribution is 2.33. The summed E-state index contributed by atoms with van der Waals surface area (Å²) in [5.74, 6) is -0.381. The lowest BCUT2D eigenvalue weighted by Crippen LogP contribution is -2.55. The average molecular weight is 511 g/mol. The van der Waals surface area contributed by atoms with Crippen LogP contribution in [0.25, 0.3) is 0 Å². The van der Waals surface area contributed by atoms with Crippen LogP contribution in [0.1, 0.15) is 58.3 Å². The number of ether oxygens (including phenoxy) is 1. The first-order chi connectivity index (χ1) is 16.7. The minimum absolute atomic E-state index is 0.0132. The Balaban J connectivity index is 1.91. The molecule has 0 bridgehead atoms. The number of hydrogen-bond acceptors (Lipinski definition) is 7. The number of amides is 2. The monoisotopic (exact) mass is 510 g/mol. The number of hydroxylamine groups is 1. The zero-order valence-corrected chi connectivity index (χ0v) is 21.4. The van der Waals surface area contributed by atoms with Crippen molar-refractivity contribution in [3.63, 3.8) is 0 Å². The van der Waals surface area contributed by atoms with Crippen molar-refractivity contribution in [3.05, 3.63) is 24.3 Å². The zero-order chi connectivity index (χ0) is 25.6. The van der Waals surface area contributed by atoms with Gasteiger partial charge in [0.15, 0.2) is 0 Å². The van der Waals surface area contributed by atoms with Gasteiger partial charge in [0.25, 0.3) is 5.91 Å². The van der Waals surface area contributed by atoms with E-state index in [9.17, 15) is 23.2 Å². The number of carbonyl (C=O) groups excluding carboxylic acids is 2. The fourth-order valence-corrected chi connectivity index (χ4v) is 6.88. The number of nitrogens with zero attached hydrogens (tertiary/aromatic N) is 2. The van der Waals surface area contributed by atoms with Gasteiger partial charge in [-0.15, -0.1) is 0 Å². The number of benzene rings is 1. The lowest BCUT2D eigenvalue weighted by atomic mass is 9.83. The normalized spacial score (nSPS) is 22.6. The topological polar surface area (TPSA) is 142 Å². The maximum absolute atomic E-state index is 13.8. The first-order valence-corrected chi connectivity index (χ1v) is 13.8. The molecule has 11 heteroatoms. The Bertz CT molecular complexity index is 965. The molecule has 3 atom stereocenters. The maximum atomic E-state index is 13.8. The molecule has 3 rings (SSSR count). The Morgan fingerprint density at radius 2 is 1.86 bits per heavy atom. The zero-order valence-electron chi connectivity index (χ0n) is 20.6. The van der Waals surface area contributed by atoms with E-state index in [0.717, 1.165) is 30.0 Å². The number of sulfonamides is 1. The average Bonchev–Trinajstić information content (AvgIpc) is 2.86. The SMILES string of the molecule is COc1ccc(S(=O)(=O)N(CCC(=O)N2CCC(C)CC2N)C(C(=O)NO)C2CCCCC2)cc1. The minimum atomic E-state index is -4.17. The van der Waals surface area contributed by atoms with E-state index in [-0.39, 0.29) is 29.7 Å². The molecule has 0 aromatic heterocycles. The van der Waals surface area contributed by atoms with E-state index in [2.05, 4.69) is 6.92 Å². The number of likely N-dealkylation sites (tertiary alicyclic amines) is 1. The summed E-state index contributed by atoms with van der Waals surface area (Å²) >= 11 is 0. The van der Waals surface area contributed by atoms with Crippen LogP contribution in [0.4, 0.5) is 0 Å². The number of methoxy groups -OCH3 is 1. The molecular formula is C24H38N4O6S. The van der Waals surface area contributed by atoms with Gasteiger partial charge in [-0.3, -0.25) is 14.8 Å². The first-order valence-electron chi connectivity index (χ1n) is 12.3. The van der Waals surface area contributed by atoms with Crippen LogP contribution in [-0.2, 0) is 19.6 Å². The van der Waals surface area contributed by atoms with Gasteiger partial charge in [-0.05, 0) is 61.8 Å². The summed E-state index contributed by atoms with van der Waals surface area (Å²) in [6, 6.07) is 4.77. The molecule has 35 heavy (non-hydrogen) atoms. The van der Waals surface area contributed by atoms with Gasteiger partial charge in [-0.1, -0.05) is 26.2 Å². The van der Waals surface area contributed by atoms with Gasteiger partial charge < -0.3 is 15.4 Å². The molecule has 2 aliphatic rings. The molecular weight excluding hydrogens is 472 g/mol. The van der Waals surface area contributed by atoms with Crippen LogP contribution < -0.4 is 16.0 Å². The van der Waals surface area contributed by atoms with E-state index in [1.807, 2.05) is 0 Å². The van der Waals surface area contributed by atoms with Crippen LogP contribution in [0.3, 0.4) is 0 Å². The molecule has 1 aromatic carbocycles. The molecule has 2 amide bonds. The van der Waals surface area contributed by atoms with Crippen molar-refractivity contribution in [2.75, 3.05) is 20.2 Å². The summed E-state index contributed by atoms with van der Waals surface area (Å²) in [5, 5.41) is 9.50. The highest BCUT2D eigenvalue weighted by Gasteiger charge is 2.41. The number of piperidine rings is 1. The van der Waals surface area contributed by atoms with Gasteiger partial charge in [0, 0.05) is 19.5 Å². The standard InChI is InChI=1S/C24H38N4O6S/c1-17-12-14-27(21(25)16-17)22(29)13-15-28(23(24(30)26-31)18-6-4-3-5-7-18)35(32,33)20-10-8-19(34-2)9-11-20/h8-11,17-18,21,23,31H,3-7,12-16,25H2,1-2H3,(H,26,30). The summed E-state index contributed by atoms with van der Waals surface area (Å²) in [5.41, 5.74) is 7.86. The number of nitrogens with two attached hydrogens (primary N) is 1. The highest BCUT2D eigenvalue weighted by molar-refractivity contribution is 7.89. The van der Waals surface area contributed by atoms with Gasteiger partial charge >= 0.3 is 0 Å². The predicted octanol–water partition coefficient (Wildman–Crippen LogP) is 2.07. The molecule has 1 aromatic rings. The van der Waals surface area contributed by atoms with E-state index in [0.29, 0.717) is 37.5 Å². The Kier molecular flexibility index (Phi) is 9.51. The lowest BCUT2D eigenvalue weighted by Gasteiger charge is -2.38. The van der Waals surface area contributed by atoms with E-state index < -0.39 is 28.1 Å². The van der Waals surface area contributed by atoms with E-state index in [4.69, 9.17) is 10.5 Å². The molecule has 1 saturated carbocycles. The second-order valence-electron chi connectivity index (χ2n) is 9.64. The van der Waals surface area contributed by atoms with Crippen molar-refractivity contribution in [1.82, 2.24) is 14.7 Å². The molecule has 2 fully saturated rings. The minimum Gasteiger partial charge on any atom is -0.497 e.